The van der Waals surface area contributed by atoms with Crippen LogP contribution >= 0.6 is 34.5 Å². The zero-order valence-electron chi connectivity index (χ0n) is 22.2. The molecule has 4 aromatic rings. The molecule has 1 aliphatic rings. The summed E-state index contributed by atoms with van der Waals surface area (Å²) in [4.78, 5) is 30.2. The van der Waals surface area contributed by atoms with E-state index >= 15 is 0 Å². The van der Waals surface area contributed by atoms with E-state index in [-0.39, 0.29) is 22.0 Å². The molecule has 1 N–H and O–H groups in total. The molecule has 0 aliphatic heterocycles. The molecule has 2 heterocycles. The molecule has 1 atom stereocenters. The van der Waals surface area contributed by atoms with Gasteiger partial charge in [0.25, 0.3) is 11.6 Å². The second kappa shape index (κ2) is 11.2. The molecule has 0 radical (unpaired) electrons. The monoisotopic (exact) mass is 595 g/mol. The molecule has 1 aliphatic carbocycles. The fourth-order valence-electron chi connectivity index (χ4n) is 4.87. The summed E-state index contributed by atoms with van der Waals surface area (Å²) in [7, 11) is 0. The number of amides is 1. The quantitative estimate of drug-likeness (QED) is 0.136. The van der Waals surface area contributed by atoms with Gasteiger partial charge in [-0.3, -0.25) is 14.9 Å². The second-order valence-electron chi connectivity index (χ2n) is 10.8. The second-order valence-corrected chi connectivity index (χ2v) is 12.8. The smallest absolute Gasteiger partial charge is 0.288 e. The third kappa shape index (κ3) is 5.99. The van der Waals surface area contributed by atoms with Crippen LogP contribution in [0.25, 0.3) is 11.3 Å². The highest BCUT2D eigenvalue weighted by Crippen LogP contribution is 2.45. The summed E-state index contributed by atoms with van der Waals surface area (Å²) in [6.45, 7) is 6.77. The van der Waals surface area contributed by atoms with Crippen molar-refractivity contribution in [1.82, 2.24) is 0 Å². The Labute approximate surface area is 246 Å². The molecule has 5 rings (SSSR count). The largest absolute Gasteiger partial charge is 0.455 e. The van der Waals surface area contributed by atoms with E-state index in [9.17, 15) is 14.9 Å². The molecule has 206 valence electrons. The van der Waals surface area contributed by atoms with Gasteiger partial charge in [0.2, 0.25) is 0 Å². The molecule has 2 aromatic heterocycles. The number of thiophene rings is 1. The summed E-state index contributed by atoms with van der Waals surface area (Å²) in [6, 6.07) is 15.0. The van der Waals surface area contributed by atoms with E-state index in [0.717, 1.165) is 24.8 Å². The Balaban J connectivity index is 1.46. The van der Waals surface area contributed by atoms with Crippen molar-refractivity contribution < 1.29 is 14.1 Å². The van der Waals surface area contributed by atoms with E-state index in [1.54, 1.807) is 60.0 Å². The maximum Gasteiger partial charge on any atom is 0.288 e. The van der Waals surface area contributed by atoms with Gasteiger partial charge in [-0.25, -0.2) is 4.99 Å². The molecule has 0 saturated heterocycles. The Kier molecular flexibility index (Phi) is 7.86. The number of nitro benzene ring substituents is 1. The van der Waals surface area contributed by atoms with Gasteiger partial charge < -0.3 is 9.73 Å². The Morgan fingerprint density at radius 3 is 2.60 bits per heavy atom. The van der Waals surface area contributed by atoms with Crippen LogP contribution in [0, 0.1) is 21.4 Å². The van der Waals surface area contributed by atoms with E-state index in [0.29, 0.717) is 44.3 Å². The van der Waals surface area contributed by atoms with Gasteiger partial charge in [0.1, 0.15) is 21.5 Å². The van der Waals surface area contributed by atoms with Crippen LogP contribution in [0.2, 0.25) is 10.0 Å². The molecular formula is C30H27Cl2N3O4S. The minimum absolute atomic E-state index is 0.0573. The Bertz CT molecular complexity index is 1620. The average molecular weight is 597 g/mol. The first kappa shape index (κ1) is 28.1. The molecule has 0 saturated carbocycles. The molecule has 0 bridgehead atoms. The maximum absolute atomic E-state index is 13.5. The van der Waals surface area contributed by atoms with Crippen molar-refractivity contribution in [3.63, 3.8) is 0 Å². The van der Waals surface area contributed by atoms with Crippen molar-refractivity contribution in [3.05, 3.63) is 96.5 Å². The summed E-state index contributed by atoms with van der Waals surface area (Å²) in [5.41, 5.74) is 2.79. The molecule has 40 heavy (non-hydrogen) atoms. The van der Waals surface area contributed by atoms with Gasteiger partial charge >= 0.3 is 0 Å². The standard InChI is InChI=1S/C30H27Cl2N3O4S/c1-30(2,3)18-5-11-22-26(15-18)40-29(27(22)28(36)34-20-8-6-19(31)7-9-20)33-16-21-10-13-25(39-21)17-4-12-23(32)24(14-17)35(37)38/h4,6-10,12-14,16,18H,5,11,15H2,1-3H3,(H,34,36)/t18-/m1/s1. The van der Waals surface area contributed by atoms with Crippen molar-refractivity contribution in [3.8, 4) is 11.3 Å². The Hall–Kier alpha value is -3.46. The summed E-state index contributed by atoms with van der Waals surface area (Å²) in [5, 5.41) is 15.5. The van der Waals surface area contributed by atoms with Crippen LogP contribution in [0.5, 0.6) is 0 Å². The third-order valence-corrected chi connectivity index (χ3v) is 8.90. The van der Waals surface area contributed by atoms with E-state index in [2.05, 4.69) is 26.1 Å². The van der Waals surface area contributed by atoms with Crippen molar-refractivity contribution in [2.45, 2.75) is 40.0 Å². The highest BCUT2D eigenvalue weighted by molar-refractivity contribution is 7.16. The van der Waals surface area contributed by atoms with Gasteiger partial charge in [-0.05, 0) is 84.7 Å². The number of hydrogen-bond donors (Lipinski definition) is 1. The number of halogens is 2. The lowest BCUT2D eigenvalue weighted by molar-refractivity contribution is -0.384. The van der Waals surface area contributed by atoms with E-state index < -0.39 is 4.92 Å². The number of hydrogen-bond acceptors (Lipinski definition) is 6. The van der Waals surface area contributed by atoms with Gasteiger partial charge in [-0.1, -0.05) is 44.0 Å². The molecule has 0 spiro atoms. The minimum Gasteiger partial charge on any atom is -0.455 e. The van der Waals surface area contributed by atoms with Gasteiger partial charge in [-0.15, -0.1) is 11.3 Å². The first-order chi connectivity index (χ1) is 19.0. The minimum atomic E-state index is -0.531. The molecular weight excluding hydrogens is 569 g/mol. The molecule has 2 aromatic carbocycles. The fraction of sp³-hybridized carbons (Fsp3) is 0.267. The lowest BCUT2D eigenvalue weighted by Gasteiger charge is -2.33. The van der Waals surface area contributed by atoms with Crippen LogP contribution in [-0.2, 0) is 12.8 Å². The van der Waals surface area contributed by atoms with Gasteiger partial charge in [0, 0.05) is 27.2 Å². The van der Waals surface area contributed by atoms with Gasteiger partial charge in [0.05, 0.1) is 16.7 Å². The van der Waals surface area contributed by atoms with Crippen molar-refractivity contribution in [2.75, 3.05) is 5.32 Å². The van der Waals surface area contributed by atoms with Gasteiger partial charge in [-0.2, -0.15) is 0 Å². The highest BCUT2D eigenvalue weighted by Gasteiger charge is 2.33. The summed E-state index contributed by atoms with van der Waals surface area (Å²) in [6.07, 6.45) is 4.30. The molecule has 0 fully saturated rings. The number of nitrogens with zero attached hydrogens (tertiary/aromatic N) is 2. The zero-order valence-corrected chi connectivity index (χ0v) is 24.5. The Morgan fingerprint density at radius 1 is 1.15 bits per heavy atom. The number of rotatable bonds is 6. The predicted molar refractivity (Wildman–Crippen MR) is 162 cm³/mol. The molecule has 1 amide bonds. The van der Waals surface area contributed by atoms with Crippen molar-refractivity contribution in [2.24, 2.45) is 16.3 Å². The first-order valence-electron chi connectivity index (χ1n) is 12.8. The zero-order chi connectivity index (χ0) is 28.6. The number of carbonyl (C=O) groups is 1. The fourth-order valence-corrected chi connectivity index (χ4v) is 6.45. The maximum atomic E-state index is 13.5. The Morgan fingerprint density at radius 2 is 1.90 bits per heavy atom. The highest BCUT2D eigenvalue weighted by atomic mass is 35.5. The number of anilines is 1. The summed E-state index contributed by atoms with van der Waals surface area (Å²) >= 11 is 13.5. The lowest BCUT2D eigenvalue weighted by Crippen LogP contribution is -2.27. The normalized spacial score (nSPS) is 15.3. The van der Waals surface area contributed by atoms with Crippen LogP contribution in [0.4, 0.5) is 16.4 Å². The predicted octanol–water partition coefficient (Wildman–Crippen LogP) is 9.38. The third-order valence-electron chi connectivity index (χ3n) is 7.16. The van der Waals surface area contributed by atoms with Crippen LogP contribution in [0.3, 0.4) is 0 Å². The first-order valence-corrected chi connectivity index (χ1v) is 14.4. The summed E-state index contributed by atoms with van der Waals surface area (Å²) < 4.78 is 5.91. The number of nitro groups is 1. The van der Waals surface area contributed by atoms with E-state index in [1.807, 2.05) is 0 Å². The molecule has 10 heteroatoms. The lowest BCUT2D eigenvalue weighted by atomic mass is 9.72. The summed E-state index contributed by atoms with van der Waals surface area (Å²) in [5.74, 6) is 1.20. The van der Waals surface area contributed by atoms with Gasteiger partial charge in [0.15, 0.2) is 0 Å². The number of aliphatic imine (C=N–C) groups is 1. The number of fused-ring (bicyclic) bond motifs is 1. The van der Waals surface area contributed by atoms with E-state index in [1.165, 1.54) is 17.0 Å². The molecule has 0 unspecified atom stereocenters. The van der Waals surface area contributed by atoms with Crippen LogP contribution in [0.15, 0.2) is 64.0 Å². The molecule has 7 nitrogen and oxygen atoms in total. The number of benzene rings is 2. The van der Waals surface area contributed by atoms with E-state index in [4.69, 9.17) is 32.6 Å². The average Bonchev–Trinajstić information content (AvgIpc) is 3.52. The number of furan rings is 1. The number of nitrogens with one attached hydrogen (secondary N) is 1. The number of carbonyl (C=O) groups excluding carboxylic acids is 1. The van der Waals surface area contributed by atoms with Crippen LogP contribution in [0.1, 0.15) is 53.8 Å². The van der Waals surface area contributed by atoms with Crippen LogP contribution in [-0.4, -0.2) is 17.0 Å². The van der Waals surface area contributed by atoms with Crippen molar-refractivity contribution in [1.29, 1.82) is 0 Å². The topological polar surface area (TPSA) is 97.7 Å². The van der Waals surface area contributed by atoms with Crippen molar-refractivity contribution >= 4 is 63.0 Å². The SMILES string of the molecule is CC(C)(C)[C@@H]1CCc2c(sc(N=Cc3ccc(-c4ccc(Cl)c([N+](=O)[O-])c4)o3)c2C(=O)Nc2ccc(Cl)cc2)C1. The van der Waals surface area contributed by atoms with Crippen LogP contribution < -0.4 is 5.32 Å².